The standard InChI is InChI=1S/C58H78N12O7S/c1-41-51(78-40-62-41)43-16-14-42(15-17-43)37-60-54(72)50-36-48(71)39-69(50)55(73)52(58(2,3)4)59-22-28-74-30-32-76-34-35-77-33-31-75-29-27-67-23-25-68(26-24-67)46-20-18-45(19-21-46)63-56-61-38-49-53(66-56)70(47-12-8-9-13-47)57(65-49)64-44-10-6-5-7-11-44/h5-7,10-11,14-21,38,40,47-48,50,52,59,71H,8-9,12-13,22-37,39H2,1-4H3,(H,60,72)(H,64,65)(H,61,63,66)/t48-,50+,52-/m1/s1. The quantitative estimate of drug-likeness (QED) is 0.0320. The van der Waals surface area contributed by atoms with Crippen LogP contribution in [0.3, 0.4) is 0 Å². The average molecular weight is 1090 g/mol. The van der Waals surface area contributed by atoms with Crippen molar-refractivity contribution >= 4 is 63.3 Å². The minimum Gasteiger partial charge on any atom is -0.391 e. The van der Waals surface area contributed by atoms with Crippen molar-refractivity contribution in [2.45, 2.75) is 90.6 Å². The van der Waals surface area contributed by atoms with E-state index in [2.05, 4.69) is 69.9 Å². The molecule has 418 valence electrons. The number of imidazole rings is 1. The van der Waals surface area contributed by atoms with E-state index in [1.165, 1.54) is 23.4 Å². The zero-order valence-corrected chi connectivity index (χ0v) is 46.5. The molecule has 2 aliphatic heterocycles. The van der Waals surface area contributed by atoms with Crippen LogP contribution in [0.1, 0.15) is 70.2 Å². The Morgan fingerprint density at radius 2 is 1.45 bits per heavy atom. The average Bonchev–Trinajstić information content (AvgIpc) is 4.34. The number of fused-ring (bicyclic) bond motifs is 1. The van der Waals surface area contributed by atoms with E-state index < -0.39 is 23.6 Å². The number of anilines is 5. The van der Waals surface area contributed by atoms with Crippen LogP contribution in [-0.4, -0.2) is 168 Å². The second-order valence-electron chi connectivity index (χ2n) is 21.4. The second-order valence-corrected chi connectivity index (χ2v) is 22.3. The number of β-amino-alcohol motifs (C(OH)–C–C–N with tert-alkyl or cyclic N) is 1. The summed E-state index contributed by atoms with van der Waals surface area (Å²) in [6.45, 7) is 17.3. The number of nitrogens with zero attached hydrogens (tertiary/aromatic N) is 8. The van der Waals surface area contributed by atoms with Crippen molar-refractivity contribution in [3.05, 3.63) is 102 Å². The topological polar surface area (TPSA) is 206 Å². The van der Waals surface area contributed by atoms with Crippen LogP contribution < -0.4 is 26.2 Å². The number of aryl methyl sites for hydroxylation is 1. The van der Waals surface area contributed by atoms with E-state index in [1.807, 2.05) is 94.0 Å². The van der Waals surface area contributed by atoms with Crippen molar-refractivity contribution in [2.75, 3.05) is 114 Å². The molecule has 19 nitrogen and oxygen atoms in total. The number of thiazole rings is 1. The van der Waals surface area contributed by atoms with Gasteiger partial charge in [0.05, 0.1) is 87.3 Å². The zero-order valence-electron chi connectivity index (χ0n) is 45.7. The van der Waals surface area contributed by atoms with Crippen LogP contribution in [0.4, 0.5) is 29.0 Å². The Balaban J connectivity index is 0.593. The van der Waals surface area contributed by atoms with Gasteiger partial charge in [-0.05, 0) is 72.7 Å². The lowest BCUT2D eigenvalue weighted by Crippen LogP contribution is -2.57. The molecule has 20 heteroatoms. The molecule has 3 aliphatic rings. The van der Waals surface area contributed by atoms with Crippen LogP contribution >= 0.6 is 11.3 Å². The summed E-state index contributed by atoms with van der Waals surface area (Å²) in [6.07, 6.45) is 5.88. The van der Waals surface area contributed by atoms with Crippen LogP contribution in [0, 0.1) is 12.3 Å². The molecule has 1 saturated carbocycles. The van der Waals surface area contributed by atoms with E-state index in [1.54, 1.807) is 11.3 Å². The first-order chi connectivity index (χ1) is 38.0. The molecule has 78 heavy (non-hydrogen) atoms. The number of carbonyl (C=O) groups is 2. The fraction of sp³-hybridized carbons (Fsp3) is 0.517. The number of benzene rings is 3. The minimum absolute atomic E-state index is 0.107. The zero-order chi connectivity index (χ0) is 54.3. The number of aliphatic hydroxyl groups is 1. The van der Waals surface area contributed by atoms with Gasteiger partial charge in [-0.25, -0.2) is 15.0 Å². The summed E-state index contributed by atoms with van der Waals surface area (Å²) in [7, 11) is 0. The number of likely N-dealkylation sites (tertiary alicyclic amines) is 1. The highest BCUT2D eigenvalue weighted by Crippen LogP contribution is 2.36. The molecule has 3 fully saturated rings. The summed E-state index contributed by atoms with van der Waals surface area (Å²) in [5.41, 5.74) is 9.15. The van der Waals surface area contributed by atoms with Gasteiger partial charge in [-0.1, -0.05) is 76.1 Å². The number of aliphatic hydroxyl groups excluding tert-OH is 1. The molecule has 3 atom stereocenters. The Hall–Kier alpha value is -6.10. The van der Waals surface area contributed by atoms with Gasteiger partial charge >= 0.3 is 0 Å². The first-order valence-corrected chi connectivity index (χ1v) is 28.6. The normalized spacial score (nSPS) is 17.8. The molecule has 3 aromatic carbocycles. The molecule has 0 unspecified atom stereocenters. The third-order valence-electron chi connectivity index (χ3n) is 14.7. The van der Waals surface area contributed by atoms with Gasteiger partial charge in [-0.15, -0.1) is 11.3 Å². The molecule has 5 heterocycles. The van der Waals surface area contributed by atoms with E-state index in [0.29, 0.717) is 77.9 Å². The fourth-order valence-corrected chi connectivity index (χ4v) is 11.3. The summed E-state index contributed by atoms with van der Waals surface area (Å²) >= 11 is 1.60. The molecule has 6 aromatic rings. The number of hydrogen-bond acceptors (Lipinski definition) is 17. The summed E-state index contributed by atoms with van der Waals surface area (Å²) in [5.74, 6) is 0.872. The predicted molar refractivity (Wildman–Crippen MR) is 306 cm³/mol. The number of para-hydroxylation sites is 1. The first-order valence-electron chi connectivity index (χ1n) is 27.7. The predicted octanol–water partition coefficient (Wildman–Crippen LogP) is 7.33. The van der Waals surface area contributed by atoms with Crippen molar-refractivity contribution < 1.29 is 33.6 Å². The van der Waals surface area contributed by atoms with Gasteiger partial charge in [0.15, 0.2) is 5.65 Å². The Kier molecular flexibility index (Phi) is 20.1. The van der Waals surface area contributed by atoms with Gasteiger partial charge in [0.1, 0.15) is 11.6 Å². The van der Waals surface area contributed by atoms with Crippen molar-refractivity contribution in [3.63, 3.8) is 0 Å². The molecular formula is C58H78N12O7S. The lowest BCUT2D eigenvalue weighted by molar-refractivity contribution is -0.142. The maximum absolute atomic E-state index is 14.0. The van der Waals surface area contributed by atoms with Crippen molar-refractivity contribution in [1.82, 2.24) is 44.9 Å². The van der Waals surface area contributed by atoms with E-state index >= 15 is 0 Å². The van der Waals surface area contributed by atoms with Crippen LogP contribution in [0.25, 0.3) is 21.6 Å². The van der Waals surface area contributed by atoms with Gasteiger partial charge in [0.25, 0.3) is 0 Å². The van der Waals surface area contributed by atoms with E-state index in [-0.39, 0.29) is 24.8 Å². The van der Waals surface area contributed by atoms with Crippen molar-refractivity contribution in [1.29, 1.82) is 0 Å². The Labute approximate surface area is 462 Å². The molecule has 2 amide bonds. The van der Waals surface area contributed by atoms with Crippen LogP contribution in [0.5, 0.6) is 0 Å². The van der Waals surface area contributed by atoms with E-state index in [9.17, 15) is 14.7 Å². The van der Waals surface area contributed by atoms with E-state index in [0.717, 1.165) is 95.8 Å². The summed E-state index contributed by atoms with van der Waals surface area (Å²) in [4.78, 5) is 53.8. The SMILES string of the molecule is Cc1ncsc1-c1ccc(CNC(=O)[C@@H]2C[C@@H](O)CN2C(=O)[C@@H](NCCOCCOCCOCCOCCN2CCN(c3ccc(Nc4ncc5nc(Nc6ccccc6)n(C6CCCC6)c5n4)cc3)CC2)C(C)(C)C)cc1. The van der Waals surface area contributed by atoms with Gasteiger partial charge in [-0.3, -0.25) is 19.1 Å². The number of carbonyl (C=O) groups excluding carboxylic acids is 2. The third kappa shape index (κ3) is 15.4. The Morgan fingerprint density at radius 1 is 0.782 bits per heavy atom. The number of piperazine rings is 1. The number of ether oxygens (including phenoxy) is 4. The number of amides is 2. The fourth-order valence-electron chi connectivity index (χ4n) is 10.4. The largest absolute Gasteiger partial charge is 0.391 e. The molecule has 1 aliphatic carbocycles. The van der Waals surface area contributed by atoms with Crippen LogP contribution in [-0.2, 0) is 35.1 Å². The Bertz CT molecular complexity index is 2810. The third-order valence-corrected chi connectivity index (χ3v) is 15.7. The first kappa shape index (κ1) is 56.6. The second kappa shape index (κ2) is 27.7. The minimum atomic E-state index is -0.774. The molecule has 0 radical (unpaired) electrons. The number of rotatable bonds is 27. The van der Waals surface area contributed by atoms with Crippen LogP contribution in [0.15, 0.2) is 90.6 Å². The van der Waals surface area contributed by atoms with Gasteiger partial charge in [0, 0.05) is 81.9 Å². The van der Waals surface area contributed by atoms with E-state index in [4.69, 9.17) is 28.9 Å². The molecule has 0 bridgehead atoms. The number of aromatic nitrogens is 5. The van der Waals surface area contributed by atoms with Gasteiger partial charge in [-0.2, -0.15) is 4.98 Å². The lowest BCUT2D eigenvalue weighted by Gasteiger charge is -2.36. The maximum atomic E-state index is 14.0. The number of nitrogens with one attached hydrogen (secondary N) is 4. The summed E-state index contributed by atoms with van der Waals surface area (Å²) in [5, 5.41) is 23.9. The van der Waals surface area contributed by atoms with Crippen LogP contribution in [0.2, 0.25) is 0 Å². The molecular weight excluding hydrogens is 1010 g/mol. The summed E-state index contributed by atoms with van der Waals surface area (Å²) < 4.78 is 25.4. The maximum Gasteiger partial charge on any atom is 0.243 e. The highest BCUT2D eigenvalue weighted by Gasteiger charge is 2.44. The van der Waals surface area contributed by atoms with Crippen molar-refractivity contribution in [2.24, 2.45) is 5.41 Å². The van der Waals surface area contributed by atoms with Gasteiger partial charge in [0.2, 0.25) is 23.7 Å². The molecule has 5 N–H and O–H groups in total. The lowest BCUT2D eigenvalue weighted by atomic mass is 9.85. The summed E-state index contributed by atoms with van der Waals surface area (Å²) in [6, 6.07) is 25.7. The highest BCUT2D eigenvalue weighted by atomic mass is 32.1. The van der Waals surface area contributed by atoms with Gasteiger partial charge < -0.3 is 55.1 Å². The molecule has 9 rings (SSSR count). The molecule has 3 aromatic heterocycles. The molecule has 0 spiro atoms. The smallest absolute Gasteiger partial charge is 0.243 e. The van der Waals surface area contributed by atoms with Crippen molar-refractivity contribution in [3.8, 4) is 10.4 Å². The Morgan fingerprint density at radius 3 is 2.12 bits per heavy atom. The monoisotopic (exact) mass is 1090 g/mol. The highest BCUT2D eigenvalue weighted by molar-refractivity contribution is 7.13. The number of hydrogen-bond donors (Lipinski definition) is 5. The molecule has 2 saturated heterocycles.